The van der Waals surface area contributed by atoms with E-state index in [1.54, 1.807) is 12.1 Å². The van der Waals surface area contributed by atoms with Gasteiger partial charge in [-0.15, -0.1) is 0 Å². The Morgan fingerprint density at radius 2 is 2.32 bits per heavy atom. The Morgan fingerprint density at radius 3 is 2.95 bits per heavy atom. The summed E-state index contributed by atoms with van der Waals surface area (Å²) in [5.41, 5.74) is 7.27. The van der Waals surface area contributed by atoms with Gasteiger partial charge in [-0.3, -0.25) is 9.59 Å². The molecule has 6 heteroatoms. The standard InChI is InChI=1S/C13H16N2O4/c1-8(14)9-2-3-11-10(6-9)15(5-4-13(17)18)12(16)7-19-11/h2-3,6,8H,4-5,7,14H2,1H3,(H,17,18). The lowest BCUT2D eigenvalue weighted by Crippen LogP contribution is -2.40. The minimum absolute atomic E-state index is 0.0653. The Bertz CT molecular complexity index is 513. The molecular formula is C13H16N2O4. The van der Waals surface area contributed by atoms with Gasteiger partial charge in [0.1, 0.15) is 5.75 Å². The number of rotatable bonds is 4. The van der Waals surface area contributed by atoms with Crippen molar-refractivity contribution in [1.82, 2.24) is 0 Å². The van der Waals surface area contributed by atoms with Crippen molar-refractivity contribution in [3.05, 3.63) is 23.8 Å². The summed E-state index contributed by atoms with van der Waals surface area (Å²) in [5.74, 6) is -0.603. The highest BCUT2D eigenvalue weighted by molar-refractivity contribution is 5.98. The molecule has 1 aliphatic heterocycles. The van der Waals surface area contributed by atoms with Crippen molar-refractivity contribution in [2.45, 2.75) is 19.4 Å². The van der Waals surface area contributed by atoms with Gasteiger partial charge in [0, 0.05) is 12.6 Å². The Morgan fingerprint density at radius 1 is 1.58 bits per heavy atom. The lowest BCUT2D eigenvalue weighted by atomic mass is 10.1. The molecule has 1 heterocycles. The van der Waals surface area contributed by atoms with Crippen LogP contribution in [0.25, 0.3) is 0 Å². The molecule has 1 aromatic rings. The average molecular weight is 264 g/mol. The third kappa shape index (κ3) is 2.85. The number of hydrogen-bond acceptors (Lipinski definition) is 4. The lowest BCUT2D eigenvalue weighted by molar-refractivity contribution is -0.136. The first-order valence-electron chi connectivity index (χ1n) is 6.03. The number of aliphatic carboxylic acids is 1. The highest BCUT2D eigenvalue weighted by Gasteiger charge is 2.26. The number of hydrogen-bond donors (Lipinski definition) is 2. The number of nitrogens with zero attached hydrogens (tertiary/aromatic N) is 1. The highest BCUT2D eigenvalue weighted by Crippen LogP contribution is 2.34. The molecule has 6 nitrogen and oxygen atoms in total. The quantitative estimate of drug-likeness (QED) is 0.843. The van der Waals surface area contributed by atoms with Crippen molar-refractivity contribution in [3.63, 3.8) is 0 Å². The molecular weight excluding hydrogens is 248 g/mol. The third-order valence-corrected chi connectivity index (χ3v) is 3.00. The molecule has 1 aromatic carbocycles. The van der Waals surface area contributed by atoms with E-state index in [-0.39, 0.29) is 31.5 Å². The number of ether oxygens (including phenoxy) is 1. The van der Waals surface area contributed by atoms with Gasteiger partial charge in [-0.1, -0.05) is 6.07 Å². The first kappa shape index (κ1) is 13.4. The number of carbonyl (C=O) groups is 2. The molecule has 0 radical (unpaired) electrons. The van der Waals surface area contributed by atoms with E-state index in [4.69, 9.17) is 15.6 Å². The van der Waals surface area contributed by atoms with E-state index in [0.717, 1.165) is 5.56 Å². The highest BCUT2D eigenvalue weighted by atomic mass is 16.5. The zero-order chi connectivity index (χ0) is 14.0. The number of nitrogens with two attached hydrogens (primary N) is 1. The van der Waals surface area contributed by atoms with Crippen molar-refractivity contribution < 1.29 is 19.4 Å². The molecule has 0 spiro atoms. The molecule has 0 fully saturated rings. The number of anilines is 1. The van der Waals surface area contributed by atoms with Gasteiger partial charge in [0.2, 0.25) is 0 Å². The average Bonchev–Trinajstić information content (AvgIpc) is 2.36. The Labute approximate surface area is 110 Å². The second-order valence-electron chi connectivity index (χ2n) is 4.49. The van der Waals surface area contributed by atoms with Crippen molar-refractivity contribution in [3.8, 4) is 5.75 Å². The summed E-state index contributed by atoms with van der Waals surface area (Å²) in [7, 11) is 0. The molecule has 0 bridgehead atoms. The van der Waals surface area contributed by atoms with Crippen molar-refractivity contribution in [1.29, 1.82) is 0 Å². The van der Waals surface area contributed by atoms with Crippen molar-refractivity contribution in [2.24, 2.45) is 5.73 Å². The number of carbonyl (C=O) groups excluding carboxylic acids is 1. The minimum atomic E-state index is -0.941. The Balaban J connectivity index is 2.32. The van der Waals surface area contributed by atoms with E-state index in [9.17, 15) is 9.59 Å². The summed E-state index contributed by atoms with van der Waals surface area (Å²) in [6, 6.07) is 5.21. The van der Waals surface area contributed by atoms with Crippen molar-refractivity contribution >= 4 is 17.6 Å². The van der Waals surface area contributed by atoms with Crippen LogP contribution < -0.4 is 15.4 Å². The van der Waals surface area contributed by atoms with E-state index >= 15 is 0 Å². The van der Waals surface area contributed by atoms with Crippen LogP contribution in [0.3, 0.4) is 0 Å². The fourth-order valence-corrected chi connectivity index (χ4v) is 1.95. The normalized spacial score (nSPS) is 15.7. The summed E-state index contributed by atoms with van der Waals surface area (Å²) in [6.07, 6.45) is -0.104. The van der Waals surface area contributed by atoms with Crippen molar-refractivity contribution in [2.75, 3.05) is 18.1 Å². The van der Waals surface area contributed by atoms with Crippen LogP contribution >= 0.6 is 0 Å². The van der Waals surface area contributed by atoms with Crippen LogP contribution in [0.15, 0.2) is 18.2 Å². The van der Waals surface area contributed by atoms with Gasteiger partial charge in [-0.05, 0) is 24.6 Å². The van der Waals surface area contributed by atoms with Gasteiger partial charge < -0.3 is 20.5 Å². The SMILES string of the molecule is CC(N)c1ccc2c(c1)N(CCC(=O)O)C(=O)CO2. The van der Waals surface area contributed by atoms with Crippen LogP contribution in [0.1, 0.15) is 24.9 Å². The first-order chi connectivity index (χ1) is 8.99. The number of amides is 1. The second-order valence-corrected chi connectivity index (χ2v) is 4.49. The molecule has 0 aromatic heterocycles. The maximum Gasteiger partial charge on any atom is 0.305 e. The van der Waals surface area contributed by atoms with E-state index < -0.39 is 5.97 Å². The summed E-state index contributed by atoms with van der Waals surface area (Å²) in [5, 5.41) is 8.73. The summed E-state index contributed by atoms with van der Waals surface area (Å²) in [6.45, 7) is 1.91. The molecule has 0 saturated heterocycles. The number of carboxylic acids is 1. The third-order valence-electron chi connectivity index (χ3n) is 3.00. The van der Waals surface area contributed by atoms with Gasteiger partial charge in [-0.25, -0.2) is 0 Å². The zero-order valence-corrected chi connectivity index (χ0v) is 10.6. The predicted octanol–water partition coefficient (Wildman–Crippen LogP) is 0.906. The number of fused-ring (bicyclic) bond motifs is 1. The van der Waals surface area contributed by atoms with E-state index in [1.165, 1.54) is 4.90 Å². The molecule has 19 heavy (non-hydrogen) atoms. The van der Waals surface area contributed by atoms with Gasteiger partial charge in [0.15, 0.2) is 6.61 Å². The fraction of sp³-hybridized carbons (Fsp3) is 0.385. The number of carboxylic acid groups (broad SMARTS) is 1. The molecule has 2 rings (SSSR count). The first-order valence-corrected chi connectivity index (χ1v) is 6.03. The monoisotopic (exact) mass is 264 g/mol. The van der Waals surface area contributed by atoms with E-state index in [0.29, 0.717) is 11.4 Å². The van der Waals surface area contributed by atoms with E-state index in [1.807, 2.05) is 13.0 Å². The lowest BCUT2D eigenvalue weighted by Gasteiger charge is -2.29. The molecule has 1 unspecified atom stereocenters. The maximum absolute atomic E-state index is 11.8. The van der Waals surface area contributed by atoms with Gasteiger partial charge >= 0.3 is 5.97 Å². The Hall–Kier alpha value is -2.08. The molecule has 1 atom stereocenters. The summed E-state index contributed by atoms with van der Waals surface area (Å²) < 4.78 is 5.33. The molecule has 0 aliphatic carbocycles. The largest absolute Gasteiger partial charge is 0.482 e. The molecule has 1 amide bonds. The summed E-state index contributed by atoms with van der Waals surface area (Å²) >= 11 is 0. The van der Waals surface area contributed by atoms with Crippen LogP contribution in [0, 0.1) is 0 Å². The number of benzene rings is 1. The maximum atomic E-state index is 11.8. The summed E-state index contributed by atoms with van der Waals surface area (Å²) in [4.78, 5) is 23.9. The fourth-order valence-electron chi connectivity index (χ4n) is 1.95. The van der Waals surface area contributed by atoms with Crippen LogP contribution in [-0.2, 0) is 9.59 Å². The zero-order valence-electron chi connectivity index (χ0n) is 10.6. The van der Waals surface area contributed by atoms with Gasteiger partial charge in [0.05, 0.1) is 12.1 Å². The van der Waals surface area contributed by atoms with Gasteiger partial charge in [-0.2, -0.15) is 0 Å². The second kappa shape index (κ2) is 5.27. The molecule has 0 saturated carbocycles. The van der Waals surface area contributed by atoms with Gasteiger partial charge in [0.25, 0.3) is 5.91 Å². The molecule has 3 N–H and O–H groups in total. The predicted molar refractivity (Wildman–Crippen MR) is 69.1 cm³/mol. The minimum Gasteiger partial charge on any atom is -0.482 e. The van der Waals surface area contributed by atoms with E-state index in [2.05, 4.69) is 0 Å². The van der Waals surface area contributed by atoms with Crippen LogP contribution in [0.2, 0.25) is 0 Å². The molecule has 1 aliphatic rings. The smallest absolute Gasteiger partial charge is 0.305 e. The topological polar surface area (TPSA) is 92.9 Å². The van der Waals surface area contributed by atoms with Crippen LogP contribution in [0.4, 0.5) is 5.69 Å². The van der Waals surface area contributed by atoms with Crippen LogP contribution in [-0.4, -0.2) is 30.1 Å². The Kier molecular flexibility index (Phi) is 3.71. The van der Waals surface area contributed by atoms with Crippen LogP contribution in [0.5, 0.6) is 5.75 Å². The molecule has 102 valence electrons.